The topological polar surface area (TPSA) is 41.1 Å². The maximum atomic E-state index is 13.9. The Morgan fingerprint density at radius 3 is 2.62 bits per heavy atom. The molecule has 2 N–H and O–H groups in total. The number of nitrogens with one attached hydrogen (secondary N) is 2. The number of carbonyl (C=O) groups is 1. The third-order valence-electron chi connectivity index (χ3n) is 3.20. The number of halogens is 1. The number of hydrogen-bond acceptors (Lipinski definition) is 2. The van der Waals surface area contributed by atoms with Crippen LogP contribution >= 0.6 is 0 Å². The lowest BCUT2D eigenvalue weighted by Crippen LogP contribution is -2.16. The maximum absolute atomic E-state index is 13.9. The summed E-state index contributed by atoms with van der Waals surface area (Å²) in [5.74, 6) is -0.733. The fraction of sp³-hybridized carbons (Fsp3) is 0.235. The molecule has 0 bridgehead atoms. The van der Waals surface area contributed by atoms with E-state index in [0.717, 1.165) is 17.7 Å². The number of aryl methyl sites for hydroxylation is 1. The first kappa shape index (κ1) is 15.0. The third kappa shape index (κ3) is 3.60. The van der Waals surface area contributed by atoms with Crippen LogP contribution in [0.15, 0.2) is 42.5 Å². The summed E-state index contributed by atoms with van der Waals surface area (Å²) in [5, 5.41) is 5.80. The summed E-state index contributed by atoms with van der Waals surface area (Å²) < 4.78 is 13.9. The highest BCUT2D eigenvalue weighted by atomic mass is 19.1. The van der Waals surface area contributed by atoms with E-state index < -0.39 is 5.82 Å². The van der Waals surface area contributed by atoms with Crippen LogP contribution in [0.2, 0.25) is 0 Å². The number of carbonyl (C=O) groups excluding carboxylic acids is 1. The lowest BCUT2D eigenvalue weighted by atomic mass is 10.1. The van der Waals surface area contributed by atoms with Gasteiger partial charge >= 0.3 is 0 Å². The van der Waals surface area contributed by atoms with Crippen molar-refractivity contribution in [1.29, 1.82) is 0 Å². The SMILES string of the molecule is CCCNc1c(F)cccc1C(=O)Nc1ccccc1C. The van der Waals surface area contributed by atoms with E-state index in [0.29, 0.717) is 12.1 Å². The van der Waals surface area contributed by atoms with Crippen molar-refractivity contribution in [2.45, 2.75) is 20.3 Å². The zero-order valence-electron chi connectivity index (χ0n) is 12.2. The van der Waals surface area contributed by atoms with Gasteiger partial charge < -0.3 is 10.6 Å². The monoisotopic (exact) mass is 286 g/mol. The van der Waals surface area contributed by atoms with Crippen molar-refractivity contribution < 1.29 is 9.18 Å². The molecule has 0 aliphatic rings. The highest BCUT2D eigenvalue weighted by Gasteiger charge is 2.15. The van der Waals surface area contributed by atoms with Crippen LogP contribution in [0, 0.1) is 12.7 Å². The summed E-state index contributed by atoms with van der Waals surface area (Å²) in [6.45, 7) is 4.52. The quantitative estimate of drug-likeness (QED) is 0.864. The van der Waals surface area contributed by atoms with E-state index in [-0.39, 0.29) is 11.6 Å². The molecule has 0 unspecified atom stereocenters. The smallest absolute Gasteiger partial charge is 0.257 e. The van der Waals surface area contributed by atoms with Crippen molar-refractivity contribution in [2.75, 3.05) is 17.2 Å². The van der Waals surface area contributed by atoms with Crippen LogP contribution in [0.4, 0.5) is 15.8 Å². The van der Waals surface area contributed by atoms with Crippen LogP contribution in [0.25, 0.3) is 0 Å². The standard InChI is InChI=1S/C17H19FN2O/c1-3-11-19-16-13(8-6-9-14(16)18)17(21)20-15-10-5-4-7-12(15)2/h4-10,19H,3,11H2,1-2H3,(H,20,21). The molecule has 0 atom stereocenters. The molecule has 4 heteroatoms. The van der Waals surface area contributed by atoms with Gasteiger partial charge in [-0.15, -0.1) is 0 Å². The molecule has 2 aromatic carbocycles. The Labute approximate surface area is 124 Å². The van der Waals surface area contributed by atoms with E-state index in [1.54, 1.807) is 12.1 Å². The lowest BCUT2D eigenvalue weighted by molar-refractivity contribution is 0.102. The number of para-hydroxylation sites is 2. The van der Waals surface area contributed by atoms with Gasteiger partial charge in [0.15, 0.2) is 0 Å². The van der Waals surface area contributed by atoms with Gasteiger partial charge in [0.2, 0.25) is 0 Å². The Bertz CT molecular complexity index is 640. The van der Waals surface area contributed by atoms with Gasteiger partial charge in [-0.2, -0.15) is 0 Å². The van der Waals surface area contributed by atoms with Crippen LogP contribution < -0.4 is 10.6 Å². The predicted molar refractivity (Wildman–Crippen MR) is 84.3 cm³/mol. The first-order chi connectivity index (χ1) is 10.1. The van der Waals surface area contributed by atoms with Crippen LogP contribution in [0.5, 0.6) is 0 Å². The average molecular weight is 286 g/mol. The van der Waals surface area contributed by atoms with Gasteiger partial charge in [-0.25, -0.2) is 4.39 Å². The Hall–Kier alpha value is -2.36. The second-order valence-electron chi connectivity index (χ2n) is 4.86. The number of anilines is 2. The summed E-state index contributed by atoms with van der Waals surface area (Å²) in [7, 11) is 0. The molecular formula is C17H19FN2O. The summed E-state index contributed by atoms with van der Waals surface area (Å²) >= 11 is 0. The Morgan fingerprint density at radius 2 is 1.90 bits per heavy atom. The van der Waals surface area contributed by atoms with Crippen LogP contribution in [-0.2, 0) is 0 Å². The molecular weight excluding hydrogens is 267 g/mol. The largest absolute Gasteiger partial charge is 0.382 e. The predicted octanol–water partition coefficient (Wildman–Crippen LogP) is 4.21. The van der Waals surface area contributed by atoms with Crippen molar-refractivity contribution >= 4 is 17.3 Å². The molecule has 0 radical (unpaired) electrons. The molecule has 3 nitrogen and oxygen atoms in total. The fourth-order valence-corrected chi connectivity index (χ4v) is 2.05. The van der Waals surface area contributed by atoms with Gasteiger partial charge in [0.25, 0.3) is 5.91 Å². The minimum atomic E-state index is -0.416. The van der Waals surface area contributed by atoms with Crippen molar-refractivity contribution in [2.24, 2.45) is 0 Å². The molecule has 0 fully saturated rings. The van der Waals surface area contributed by atoms with Crippen molar-refractivity contribution in [3.63, 3.8) is 0 Å². The highest BCUT2D eigenvalue weighted by Crippen LogP contribution is 2.22. The molecule has 2 aromatic rings. The Balaban J connectivity index is 2.27. The molecule has 0 saturated heterocycles. The van der Waals surface area contributed by atoms with Gasteiger partial charge in [0.05, 0.1) is 11.3 Å². The molecule has 1 amide bonds. The molecule has 0 aliphatic heterocycles. The van der Waals surface area contributed by atoms with Gasteiger partial charge in [-0.3, -0.25) is 4.79 Å². The van der Waals surface area contributed by atoms with Gasteiger partial charge in [-0.1, -0.05) is 31.2 Å². The van der Waals surface area contributed by atoms with E-state index in [1.807, 2.05) is 38.1 Å². The summed E-state index contributed by atoms with van der Waals surface area (Å²) in [5.41, 5.74) is 2.26. The summed E-state index contributed by atoms with van der Waals surface area (Å²) in [6.07, 6.45) is 0.854. The Morgan fingerprint density at radius 1 is 1.14 bits per heavy atom. The van der Waals surface area contributed by atoms with Crippen molar-refractivity contribution in [3.8, 4) is 0 Å². The van der Waals surface area contributed by atoms with Gasteiger partial charge in [0.1, 0.15) is 5.82 Å². The van der Waals surface area contributed by atoms with E-state index in [2.05, 4.69) is 10.6 Å². The number of amides is 1. The van der Waals surface area contributed by atoms with Gasteiger partial charge in [-0.05, 0) is 37.1 Å². The second kappa shape index (κ2) is 6.88. The highest BCUT2D eigenvalue weighted by molar-refractivity contribution is 6.08. The first-order valence-corrected chi connectivity index (χ1v) is 7.03. The molecule has 2 rings (SSSR count). The summed E-state index contributed by atoms with van der Waals surface area (Å²) in [4.78, 5) is 12.4. The normalized spacial score (nSPS) is 10.2. The number of benzene rings is 2. The lowest BCUT2D eigenvalue weighted by Gasteiger charge is -2.13. The van der Waals surface area contributed by atoms with E-state index in [4.69, 9.17) is 0 Å². The van der Waals surface area contributed by atoms with Crippen molar-refractivity contribution in [1.82, 2.24) is 0 Å². The molecule has 0 aliphatic carbocycles. The number of rotatable bonds is 5. The van der Waals surface area contributed by atoms with Crippen LogP contribution in [0.1, 0.15) is 29.3 Å². The third-order valence-corrected chi connectivity index (χ3v) is 3.20. The van der Waals surface area contributed by atoms with Crippen LogP contribution in [0.3, 0.4) is 0 Å². The van der Waals surface area contributed by atoms with E-state index in [9.17, 15) is 9.18 Å². The minimum Gasteiger partial charge on any atom is -0.382 e. The molecule has 0 heterocycles. The average Bonchev–Trinajstić information content (AvgIpc) is 2.48. The zero-order chi connectivity index (χ0) is 15.2. The van der Waals surface area contributed by atoms with Crippen molar-refractivity contribution in [3.05, 3.63) is 59.4 Å². The number of hydrogen-bond donors (Lipinski definition) is 2. The molecule has 110 valence electrons. The minimum absolute atomic E-state index is 0.255. The fourth-order valence-electron chi connectivity index (χ4n) is 2.05. The van der Waals surface area contributed by atoms with Crippen LogP contribution in [-0.4, -0.2) is 12.5 Å². The Kier molecular flexibility index (Phi) is 4.93. The molecule has 0 saturated carbocycles. The van der Waals surface area contributed by atoms with Gasteiger partial charge in [0, 0.05) is 12.2 Å². The molecule has 0 spiro atoms. The van der Waals surface area contributed by atoms with E-state index in [1.165, 1.54) is 6.07 Å². The summed E-state index contributed by atoms with van der Waals surface area (Å²) in [6, 6.07) is 12.0. The second-order valence-corrected chi connectivity index (χ2v) is 4.86. The zero-order valence-corrected chi connectivity index (χ0v) is 12.2. The molecule has 0 aromatic heterocycles. The maximum Gasteiger partial charge on any atom is 0.257 e. The van der Waals surface area contributed by atoms with E-state index >= 15 is 0 Å². The first-order valence-electron chi connectivity index (χ1n) is 7.03. The molecule has 21 heavy (non-hydrogen) atoms.